The molecule has 1 aromatic carbocycles. The quantitative estimate of drug-likeness (QED) is 0.814. The highest BCUT2D eigenvalue weighted by molar-refractivity contribution is 7.80. The molecule has 2 rings (SSSR count). The topological polar surface area (TPSA) is 41.9 Å². The van der Waals surface area contributed by atoms with E-state index in [9.17, 15) is 0 Å². The molecule has 1 atom stereocenters. The van der Waals surface area contributed by atoms with E-state index in [-0.39, 0.29) is 6.04 Å². The summed E-state index contributed by atoms with van der Waals surface area (Å²) in [6.45, 7) is 4.89. The van der Waals surface area contributed by atoms with Crippen molar-refractivity contribution in [3.63, 3.8) is 0 Å². The molecule has 21 heavy (non-hydrogen) atoms. The third kappa shape index (κ3) is 4.33. The minimum atomic E-state index is 0.00359. The summed E-state index contributed by atoms with van der Waals surface area (Å²) in [5, 5.41) is 12.3. The van der Waals surface area contributed by atoms with Gasteiger partial charge in [0.1, 0.15) is 0 Å². The summed E-state index contributed by atoms with van der Waals surface area (Å²) in [6.07, 6.45) is 1.94. The van der Waals surface area contributed by atoms with E-state index in [0.717, 1.165) is 12.2 Å². The number of nitrogens with one attached hydrogen (secondary N) is 2. The molecule has 0 aliphatic carbocycles. The van der Waals surface area contributed by atoms with E-state index >= 15 is 0 Å². The molecule has 0 spiro atoms. The van der Waals surface area contributed by atoms with E-state index in [0.29, 0.717) is 20.8 Å². The normalized spacial score (nSPS) is 12.0. The molecule has 2 aromatic rings. The van der Waals surface area contributed by atoms with Gasteiger partial charge in [-0.25, -0.2) is 0 Å². The number of benzene rings is 1. The van der Waals surface area contributed by atoms with Crippen LogP contribution in [0.3, 0.4) is 0 Å². The second-order valence-corrected chi connectivity index (χ2v) is 5.79. The Labute approximate surface area is 139 Å². The molecule has 1 unspecified atom stereocenters. The van der Waals surface area contributed by atoms with Crippen LogP contribution >= 0.6 is 35.4 Å². The molecule has 0 saturated carbocycles. The molecule has 0 aliphatic heterocycles. The first-order valence-corrected chi connectivity index (χ1v) is 7.72. The van der Waals surface area contributed by atoms with Crippen LogP contribution in [0.5, 0.6) is 0 Å². The number of aromatic nitrogens is 2. The van der Waals surface area contributed by atoms with E-state index in [2.05, 4.69) is 15.7 Å². The van der Waals surface area contributed by atoms with E-state index in [1.165, 1.54) is 0 Å². The van der Waals surface area contributed by atoms with Crippen LogP contribution in [0.25, 0.3) is 0 Å². The first-order chi connectivity index (χ1) is 9.99. The zero-order valence-corrected chi connectivity index (χ0v) is 14.1. The van der Waals surface area contributed by atoms with Crippen molar-refractivity contribution in [2.24, 2.45) is 0 Å². The molecular formula is C14H16Cl2N4S. The molecule has 0 aliphatic rings. The van der Waals surface area contributed by atoms with Gasteiger partial charge >= 0.3 is 0 Å². The predicted molar refractivity (Wildman–Crippen MR) is 92.1 cm³/mol. The van der Waals surface area contributed by atoms with Crippen LogP contribution in [0.15, 0.2) is 30.5 Å². The maximum Gasteiger partial charge on any atom is 0.171 e. The maximum absolute atomic E-state index is 6.10. The van der Waals surface area contributed by atoms with Gasteiger partial charge in [0.25, 0.3) is 0 Å². The molecular weight excluding hydrogens is 327 g/mol. The molecule has 2 N–H and O–H groups in total. The number of thiocarbonyl (C=S) groups is 1. The summed E-state index contributed by atoms with van der Waals surface area (Å²) in [6, 6.07) is 7.18. The third-order valence-corrected chi connectivity index (χ3v) is 3.72. The van der Waals surface area contributed by atoms with Crippen molar-refractivity contribution in [3.8, 4) is 0 Å². The summed E-state index contributed by atoms with van der Waals surface area (Å²) in [5.74, 6) is 0. The lowest BCUT2D eigenvalue weighted by Gasteiger charge is -2.16. The molecule has 0 amide bonds. The van der Waals surface area contributed by atoms with Gasteiger partial charge < -0.3 is 10.6 Å². The second-order valence-electron chi connectivity index (χ2n) is 4.54. The monoisotopic (exact) mass is 342 g/mol. The minimum absolute atomic E-state index is 0.00359. The first-order valence-electron chi connectivity index (χ1n) is 6.55. The number of hydrogen-bond donors (Lipinski definition) is 2. The van der Waals surface area contributed by atoms with E-state index in [4.69, 9.17) is 35.4 Å². The number of anilines is 1. The fourth-order valence-corrected chi connectivity index (χ4v) is 2.55. The van der Waals surface area contributed by atoms with Gasteiger partial charge in [-0.15, -0.1) is 0 Å². The molecule has 0 radical (unpaired) electrons. The van der Waals surface area contributed by atoms with Crippen molar-refractivity contribution < 1.29 is 0 Å². The van der Waals surface area contributed by atoms with Gasteiger partial charge in [-0.1, -0.05) is 23.2 Å². The largest absolute Gasteiger partial charge is 0.354 e. The maximum atomic E-state index is 6.10. The smallest absolute Gasteiger partial charge is 0.171 e. The van der Waals surface area contributed by atoms with Crippen LogP contribution in [-0.2, 0) is 6.54 Å². The van der Waals surface area contributed by atoms with Crippen molar-refractivity contribution in [1.82, 2.24) is 15.1 Å². The first kappa shape index (κ1) is 16.1. The molecule has 0 fully saturated rings. The predicted octanol–water partition coefficient (Wildman–Crippen LogP) is 4.26. The van der Waals surface area contributed by atoms with Crippen LogP contribution < -0.4 is 10.6 Å². The number of rotatable bonds is 4. The van der Waals surface area contributed by atoms with E-state index < -0.39 is 0 Å². The van der Waals surface area contributed by atoms with Gasteiger partial charge in [-0.3, -0.25) is 4.68 Å². The summed E-state index contributed by atoms with van der Waals surface area (Å²) >= 11 is 17.3. The highest BCUT2D eigenvalue weighted by Crippen LogP contribution is 2.25. The molecule has 0 bridgehead atoms. The van der Waals surface area contributed by atoms with Gasteiger partial charge in [-0.2, -0.15) is 5.10 Å². The van der Waals surface area contributed by atoms with Gasteiger partial charge in [-0.05, 0) is 50.3 Å². The lowest BCUT2D eigenvalue weighted by molar-refractivity contribution is 0.613. The molecule has 4 nitrogen and oxygen atoms in total. The number of hydrogen-bond acceptors (Lipinski definition) is 2. The summed E-state index contributed by atoms with van der Waals surface area (Å²) in [5.41, 5.74) is 1.65. The minimum Gasteiger partial charge on any atom is -0.354 e. The Balaban J connectivity index is 1.97. The second kappa shape index (κ2) is 7.11. The average molecular weight is 343 g/mol. The Kier molecular flexibility index (Phi) is 5.45. The molecule has 112 valence electrons. The number of nitrogens with zero attached hydrogens (tertiary/aromatic N) is 2. The summed E-state index contributed by atoms with van der Waals surface area (Å²) < 4.78 is 1.88. The average Bonchev–Trinajstić information content (AvgIpc) is 2.91. The Hall–Kier alpha value is -1.30. The van der Waals surface area contributed by atoms with Crippen molar-refractivity contribution in [3.05, 3.63) is 46.2 Å². The third-order valence-electron chi connectivity index (χ3n) is 2.96. The van der Waals surface area contributed by atoms with Crippen molar-refractivity contribution in [1.29, 1.82) is 0 Å². The molecule has 1 aromatic heterocycles. The Morgan fingerprint density at radius 1 is 1.38 bits per heavy atom. The van der Waals surface area contributed by atoms with E-state index in [1.54, 1.807) is 18.2 Å². The van der Waals surface area contributed by atoms with Crippen LogP contribution in [-0.4, -0.2) is 14.9 Å². The van der Waals surface area contributed by atoms with Crippen LogP contribution in [0.2, 0.25) is 10.0 Å². The zero-order valence-electron chi connectivity index (χ0n) is 11.7. The molecule has 0 saturated heterocycles. The molecule has 1 heterocycles. The molecule has 7 heteroatoms. The van der Waals surface area contributed by atoms with Gasteiger partial charge in [0.05, 0.1) is 22.4 Å². The van der Waals surface area contributed by atoms with Crippen LogP contribution in [0.4, 0.5) is 5.69 Å². The summed E-state index contributed by atoms with van der Waals surface area (Å²) in [4.78, 5) is 0. The number of halogens is 2. The highest BCUT2D eigenvalue weighted by Gasteiger charge is 2.11. The fraction of sp³-hybridized carbons (Fsp3) is 0.286. The number of aryl methyl sites for hydroxylation is 1. The highest BCUT2D eigenvalue weighted by atomic mass is 35.5. The van der Waals surface area contributed by atoms with Gasteiger partial charge in [0.2, 0.25) is 0 Å². The van der Waals surface area contributed by atoms with Crippen molar-refractivity contribution >= 4 is 46.2 Å². The SMILES string of the molecule is CCn1ccc(C(C)NC(=S)Nc2ccc(Cl)cc2Cl)n1. The van der Waals surface area contributed by atoms with Crippen molar-refractivity contribution in [2.75, 3.05) is 5.32 Å². The fourth-order valence-electron chi connectivity index (χ4n) is 1.80. The summed E-state index contributed by atoms with van der Waals surface area (Å²) in [7, 11) is 0. The lowest BCUT2D eigenvalue weighted by Crippen LogP contribution is -2.31. The Morgan fingerprint density at radius 2 is 2.14 bits per heavy atom. The van der Waals surface area contributed by atoms with Crippen molar-refractivity contribution in [2.45, 2.75) is 26.4 Å². The lowest BCUT2D eigenvalue weighted by atomic mass is 10.2. The van der Waals surface area contributed by atoms with Gasteiger partial charge in [0.15, 0.2) is 5.11 Å². The van der Waals surface area contributed by atoms with Crippen LogP contribution in [0, 0.1) is 0 Å². The van der Waals surface area contributed by atoms with E-state index in [1.807, 2.05) is 30.8 Å². The Bertz CT molecular complexity index is 642. The van der Waals surface area contributed by atoms with Gasteiger partial charge in [0, 0.05) is 17.8 Å². The standard InChI is InChI=1S/C14H16Cl2N4S/c1-3-20-7-6-12(19-20)9(2)17-14(21)18-13-5-4-10(15)8-11(13)16/h4-9H,3H2,1-2H3,(H2,17,18,21). The van der Waals surface area contributed by atoms with Crippen LogP contribution in [0.1, 0.15) is 25.6 Å². The Morgan fingerprint density at radius 3 is 2.76 bits per heavy atom. The zero-order chi connectivity index (χ0) is 15.4.